The monoisotopic (exact) mass is 572 g/mol. The molecule has 6 aromatic rings. The number of nitrogens with zero attached hydrogens (tertiary/aromatic N) is 2. The first-order valence-electron chi connectivity index (χ1n) is 12.4. The van der Waals surface area contributed by atoms with Crippen LogP contribution in [0.1, 0.15) is 11.4 Å². The highest BCUT2D eigenvalue weighted by molar-refractivity contribution is 7.19. The number of aromatic nitrogens is 4. The van der Waals surface area contributed by atoms with Gasteiger partial charge in [0.2, 0.25) is 0 Å². The highest BCUT2D eigenvalue weighted by Gasteiger charge is 2.18. The predicted molar refractivity (Wildman–Crippen MR) is 158 cm³/mol. The summed E-state index contributed by atoms with van der Waals surface area (Å²) in [6.07, 6.45) is 3.71. The molecule has 0 atom stereocenters. The number of carbonyl (C=O) groups is 2. The first kappa shape index (κ1) is 25.6. The Morgan fingerprint density at radius 3 is 2.42 bits per heavy atom. The molecular weight excluding hydrogens is 548 g/mol. The number of amides is 2. The number of fused-ring (bicyclic) bond motifs is 2. The third-order valence-electron chi connectivity index (χ3n) is 6.10. The third-order valence-corrected chi connectivity index (χ3v) is 8.08. The third kappa shape index (κ3) is 5.26. The summed E-state index contributed by atoms with van der Waals surface area (Å²) in [5.74, 6) is 0.608. The lowest BCUT2D eigenvalue weighted by atomic mass is 10.1. The molecular formula is C28H24N6O4S2. The molecule has 4 heterocycles. The second-order valence-corrected chi connectivity index (χ2v) is 10.8. The van der Waals surface area contributed by atoms with Gasteiger partial charge in [0.1, 0.15) is 11.5 Å². The maximum atomic E-state index is 12.6. The SMILES string of the molecule is Cc1csc(NC(=O)COc2cccc3c(-c4sc(NC(=O)COc5cccc6[nH]ccc56)nc4C)c[nH]c23)n1. The molecule has 0 fully saturated rings. The summed E-state index contributed by atoms with van der Waals surface area (Å²) in [5.41, 5.74) is 4.27. The topological polar surface area (TPSA) is 134 Å². The van der Waals surface area contributed by atoms with Crippen molar-refractivity contribution in [2.45, 2.75) is 13.8 Å². The van der Waals surface area contributed by atoms with Gasteiger partial charge in [-0.2, -0.15) is 0 Å². The average Bonchev–Trinajstić information content (AvgIpc) is 3.73. The van der Waals surface area contributed by atoms with Gasteiger partial charge in [-0.15, -0.1) is 11.3 Å². The van der Waals surface area contributed by atoms with Crippen molar-refractivity contribution in [2.24, 2.45) is 0 Å². The van der Waals surface area contributed by atoms with E-state index >= 15 is 0 Å². The molecule has 0 aliphatic rings. The van der Waals surface area contributed by atoms with Crippen LogP contribution in [-0.4, -0.2) is 45.0 Å². The molecule has 6 rings (SSSR count). The van der Waals surface area contributed by atoms with Gasteiger partial charge in [-0.05, 0) is 38.1 Å². The number of nitrogens with one attached hydrogen (secondary N) is 4. The summed E-state index contributed by atoms with van der Waals surface area (Å²) in [7, 11) is 0. The summed E-state index contributed by atoms with van der Waals surface area (Å²) < 4.78 is 11.6. The second-order valence-electron chi connectivity index (χ2n) is 8.98. The van der Waals surface area contributed by atoms with Crippen LogP contribution in [0, 0.1) is 13.8 Å². The van der Waals surface area contributed by atoms with Crippen molar-refractivity contribution in [3.63, 3.8) is 0 Å². The standard InChI is InChI=1S/C28H24N6O4S2/c1-15-14-39-27(31-15)33-23(35)13-38-22-8-3-5-17-19(11-30-25(17)22)26-16(2)32-28(40-26)34-24(36)12-37-21-7-4-6-20-18(21)9-10-29-20/h3-11,14,29-30H,12-13H2,1-2H3,(H,31,33,35)(H,32,34,36). The smallest absolute Gasteiger partial charge is 0.264 e. The highest BCUT2D eigenvalue weighted by Crippen LogP contribution is 2.39. The summed E-state index contributed by atoms with van der Waals surface area (Å²) >= 11 is 2.75. The van der Waals surface area contributed by atoms with Crippen molar-refractivity contribution in [3.8, 4) is 21.9 Å². The summed E-state index contributed by atoms with van der Waals surface area (Å²) in [6, 6.07) is 13.2. The molecule has 0 radical (unpaired) electrons. The van der Waals surface area contributed by atoms with Crippen molar-refractivity contribution < 1.29 is 19.1 Å². The van der Waals surface area contributed by atoms with Gasteiger partial charge in [0.05, 0.1) is 21.8 Å². The Hall–Kier alpha value is -4.68. The number of hydrogen-bond acceptors (Lipinski definition) is 8. The maximum Gasteiger partial charge on any atom is 0.264 e. The van der Waals surface area contributed by atoms with E-state index in [0.29, 0.717) is 21.8 Å². The van der Waals surface area contributed by atoms with Crippen LogP contribution in [0.2, 0.25) is 0 Å². The lowest BCUT2D eigenvalue weighted by Crippen LogP contribution is -2.20. The van der Waals surface area contributed by atoms with Crippen LogP contribution in [0.25, 0.3) is 32.2 Å². The number of benzene rings is 2. The minimum Gasteiger partial charge on any atom is -0.483 e. The van der Waals surface area contributed by atoms with Gasteiger partial charge in [0.25, 0.3) is 11.8 Å². The molecule has 4 aromatic heterocycles. The fourth-order valence-corrected chi connectivity index (χ4v) is 6.04. The Labute approximate surface area is 236 Å². The minimum atomic E-state index is -0.298. The molecule has 202 valence electrons. The summed E-state index contributed by atoms with van der Waals surface area (Å²) in [4.78, 5) is 41.1. The zero-order chi connectivity index (χ0) is 27.6. The van der Waals surface area contributed by atoms with Crippen molar-refractivity contribution >= 4 is 66.6 Å². The predicted octanol–water partition coefficient (Wildman–Crippen LogP) is 5.88. The normalized spacial score (nSPS) is 11.2. The zero-order valence-electron chi connectivity index (χ0n) is 21.5. The Kier molecular flexibility index (Phi) is 6.93. The molecule has 12 heteroatoms. The van der Waals surface area contributed by atoms with Gasteiger partial charge in [-0.25, -0.2) is 9.97 Å². The zero-order valence-corrected chi connectivity index (χ0v) is 23.2. The molecule has 0 aliphatic carbocycles. The number of ether oxygens (including phenoxy) is 2. The van der Waals surface area contributed by atoms with E-state index in [1.165, 1.54) is 22.7 Å². The summed E-state index contributed by atoms with van der Waals surface area (Å²) in [5, 5.41) is 10.3. The maximum absolute atomic E-state index is 12.6. The Morgan fingerprint density at radius 2 is 1.62 bits per heavy atom. The van der Waals surface area contributed by atoms with Crippen LogP contribution >= 0.6 is 22.7 Å². The Balaban J connectivity index is 1.13. The number of para-hydroxylation sites is 1. The number of aryl methyl sites for hydroxylation is 2. The van der Waals surface area contributed by atoms with E-state index in [2.05, 4.69) is 30.6 Å². The number of rotatable bonds is 9. The van der Waals surface area contributed by atoms with Crippen LogP contribution in [0.3, 0.4) is 0 Å². The van der Waals surface area contributed by atoms with Crippen LogP contribution < -0.4 is 20.1 Å². The van der Waals surface area contributed by atoms with E-state index in [0.717, 1.165) is 43.6 Å². The molecule has 10 nitrogen and oxygen atoms in total. The van der Waals surface area contributed by atoms with E-state index < -0.39 is 0 Å². The van der Waals surface area contributed by atoms with Gasteiger partial charge in [-0.3, -0.25) is 20.2 Å². The highest BCUT2D eigenvalue weighted by atomic mass is 32.1. The molecule has 40 heavy (non-hydrogen) atoms. The lowest BCUT2D eigenvalue weighted by molar-refractivity contribution is -0.118. The molecule has 0 unspecified atom stereocenters. The van der Waals surface area contributed by atoms with E-state index in [-0.39, 0.29) is 25.0 Å². The van der Waals surface area contributed by atoms with Crippen molar-refractivity contribution in [3.05, 3.63) is 71.6 Å². The van der Waals surface area contributed by atoms with Gasteiger partial charge in [-0.1, -0.05) is 29.5 Å². The van der Waals surface area contributed by atoms with Gasteiger partial charge < -0.3 is 19.4 Å². The fourth-order valence-electron chi connectivity index (χ4n) is 4.33. The van der Waals surface area contributed by atoms with Gasteiger partial charge in [0.15, 0.2) is 23.5 Å². The van der Waals surface area contributed by atoms with E-state index in [9.17, 15) is 9.59 Å². The molecule has 2 aromatic carbocycles. The largest absolute Gasteiger partial charge is 0.483 e. The van der Waals surface area contributed by atoms with E-state index in [4.69, 9.17) is 9.47 Å². The number of hydrogen-bond donors (Lipinski definition) is 4. The van der Waals surface area contributed by atoms with Crippen LogP contribution in [0.15, 0.2) is 60.2 Å². The number of aromatic amines is 2. The van der Waals surface area contributed by atoms with Crippen LogP contribution in [-0.2, 0) is 9.59 Å². The van der Waals surface area contributed by atoms with Crippen molar-refractivity contribution in [1.29, 1.82) is 0 Å². The molecule has 2 amide bonds. The molecule has 0 saturated heterocycles. The first-order chi connectivity index (χ1) is 19.4. The van der Waals surface area contributed by atoms with Crippen molar-refractivity contribution in [1.82, 2.24) is 19.9 Å². The van der Waals surface area contributed by atoms with E-state index in [1.807, 2.05) is 74.1 Å². The van der Waals surface area contributed by atoms with Gasteiger partial charge >= 0.3 is 0 Å². The van der Waals surface area contributed by atoms with Gasteiger partial charge in [0, 0.05) is 39.6 Å². The number of carbonyl (C=O) groups excluding carboxylic acids is 2. The molecule has 0 saturated carbocycles. The first-order valence-corrected chi connectivity index (χ1v) is 14.1. The Bertz CT molecular complexity index is 1850. The Morgan fingerprint density at radius 1 is 0.875 bits per heavy atom. The van der Waals surface area contributed by atoms with E-state index in [1.54, 1.807) is 0 Å². The number of thiazole rings is 2. The number of anilines is 2. The molecule has 0 aliphatic heterocycles. The van der Waals surface area contributed by atoms with Crippen molar-refractivity contribution in [2.75, 3.05) is 23.8 Å². The van der Waals surface area contributed by atoms with Crippen LogP contribution in [0.4, 0.5) is 10.3 Å². The molecule has 4 N–H and O–H groups in total. The average molecular weight is 573 g/mol. The minimum absolute atomic E-state index is 0.137. The number of H-pyrrole nitrogens is 2. The lowest BCUT2D eigenvalue weighted by Gasteiger charge is -2.07. The second kappa shape index (κ2) is 10.8. The van der Waals surface area contributed by atoms with Crippen LogP contribution in [0.5, 0.6) is 11.5 Å². The molecule has 0 spiro atoms. The molecule has 0 bridgehead atoms. The fraction of sp³-hybridized carbons (Fsp3) is 0.143. The summed E-state index contributed by atoms with van der Waals surface area (Å²) in [6.45, 7) is 3.48. The quantitative estimate of drug-likeness (QED) is 0.171.